The van der Waals surface area contributed by atoms with E-state index in [1.54, 1.807) is 6.07 Å². The molecule has 0 saturated heterocycles. The number of hydrogen-bond acceptors (Lipinski definition) is 2. The highest BCUT2D eigenvalue weighted by molar-refractivity contribution is 5.53. The minimum atomic E-state index is -1.81. The number of ether oxygens (including phenoxy) is 1. The molecule has 0 fully saturated rings. The average Bonchev–Trinajstić information content (AvgIpc) is 2.66. The molecule has 0 bridgehead atoms. The van der Waals surface area contributed by atoms with Crippen LogP contribution in [0.25, 0.3) is 0 Å². The molecule has 1 heterocycles. The Balaban J connectivity index is 1.65. The van der Waals surface area contributed by atoms with Gasteiger partial charge >= 0.3 is 0 Å². The summed E-state index contributed by atoms with van der Waals surface area (Å²) in [6, 6.07) is 7.35. The maximum absolute atomic E-state index is 8.19. The van der Waals surface area contributed by atoms with E-state index in [-0.39, 0.29) is 5.41 Å². The first kappa shape index (κ1) is 18.7. The Morgan fingerprint density at radius 3 is 2.79 bits per heavy atom. The summed E-state index contributed by atoms with van der Waals surface area (Å²) in [6.07, 6.45) is 15.8. The molecule has 154 valence electrons. The molecule has 0 aromatic heterocycles. The molecule has 0 amide bonds. The first-order chi connectivity index (χ1) is 14.6. The van der Waals surface area contributed by atoms with Crippen LogP contribution in [-0.2, 0) is 11.3 Å². The Labute approximate surface area is 179 Å². The lowest BCUT2D eigenvalue weighted by atomic mass is 9.72. The fraction of sp³-hybridized carbons (Fsp3) is 0.407. The van der Waals surface area contributed by atoms with Gasteiger partial charge in [0, 0.05) is 11.3 Å². The molecular weight excluding hydrogens is 354 g/mol. The molecule has 1 N–H and O–H groups in total. The lowest BCUT2D eigenvalue weighted by Gasteiger charge is -2.32. The van der Waals surface area contributed by atoms with Crippen molar-refractivity contribution in [3.8, 4) is 0 Å². The summed E-state index contributed by atoms with van der Waals surface area (Å²) >= 11 is 0. The van der Waals surface area contributed by atoms with E-state index in [1.165, 1.54) is 36.0 Å². The summed E-state index contributed by atoms with van der Waals surface area (Å²) < 4.78 is 22.0. The third kappa shape index (κ3) is 5.83. The van der Waals surface area contributed by atoms with E-state index in [2.05, 4.69) is 51.2 Å². The Morgan fingerprint density at radius 1 is 1.21 bits per heavy atom. The topological polar surface area (TPSA) is 21.3 Å². The Kier molecular flexibility index (Phi) is 6.09. The lowest BCUT2D eigenvalue weighted by Crippen LogP contribution is -2.26. The zero-order chi connectivity index (χ0) is 22.6. The molecule has 2 nitrogen and oxygen atoms in total. The first-order valence-electron chi connectivity index (χ1n) is 11.5. The molecule has 3 rings (SSSR count). The van der Waals surface area contributed by atoms with E-state index in [1.807, 2.05) is 43.4 Å². The van der Waals surface area contributed by atoms with Gasteiger partial charge in [-0.25, -0.2) is 0 Å². The number of allylic oxidation sites excluding steroid dienone is 9. The van der Waals surface area contributed by atoms with Gasteiger partial charge in [0.15, 0.2) is 0 Å². The third-order valence-electron chi connectivity index (χ3n) is 5.71. The van der Waals surface area contributed by atoms with Crippen molar-refractivity contribution in [1.29, 1.82) is 0 Å². The lowest BCUT2D eigenvalue weighted by molar-refractivity contribution is 0.0812. The Bertz CT molecular complexity index is 963. The summed E-state index contributed by atoms with van der Waals surface area (Å²) in [5.41, 5.74) is 6.75. The number of para-hydroxylation sites is 1. The maximum atomic E-state index is 8.19. The Hall–Kier alpha value is -2.32. The number of rotatable bonds is 5. The zero-order valence-electron chi connectivity index (χ0n) is 20.4. The largest absolute Gasteiger partial charge is 0.357 e. The second kappa shape index (κ2) is 9.45. The summed E-state index contributed by atoms with van der Waals surface area (Å²) in [4.78, 5) is 0. The van der Waals surface area contributed by atoms with Crippen LogP contribution < -0.4 is 5.32 Å². The minimum Gasteiger partial charge on any atom is -0.357 e. The standard InChI is InChI=1S/C27H35NO/c1-20(15-16-24-22(3)12-9-17-27(24,4)5)10-8-11-21(2)18-26-28-25-14-7-6-13-23(25)19-29-26/h6-8,10-11,13-16,18,26,28H,9,12,17,19H2,1-5H3/b11-8+,16-15+,20-10+,21-18+/i19D2. The van der Waals surface area contributed by atoms with E-state index in [0.29, 0.717) is 5.56 Å². The van der Waals surface area contributed by atoms with Crippen LogP contribution >= 0.6 is 0 Å². The van der Waals surface area contributed by atoms with Gasteiger partial charge in [0.25, 0.3) is 0 Å². The Morgan fingerprint density at radius 2 is 2.00 bits per heavy atom. The van der Waals surface area contributed by atoms with Gasteiger partial charge in [-0.3, -0.25) is 0 Å². The van der Waals surface area contributed by atoms with E-state index in [0.717, 1.165) is 11.3 Å². The SMILES string of the molecule is [2H]C1([2H])OC(/C=C(C)/C=C/C=C(C)/C=C/C2=C(C)CCCC2(C)C)Nc2ccccc21. The van der Waals surface area contributed by atoms with Crippen LogP contribution in [0.1, 0.15) is 62.2 Å². The number of fused-ring (bicyclic) bond motifs is 1. The molecule has 0 spiro atoms. The van der Waals surface area contributed by atoms with Gasteiger partial charge in [0.1, 0.15) is 6.23 Å². The van der Waals surface area contributed by atoms with Crippen molar-refractivity contribution >= 4 is 5.69 Å². The van der Waals surface area contributed by atoms with Crippen LogP contribution in [0.2, 0.25) is 0 Å². The van der Waals surface area contributed by atoms with Crippen molar-refractivity contribution < 1.29 is 7.48 Å². The molecule has 2 heteroatoms. The van der Waals surface area contributed by atoms with Crippen LogP contribution in [0.3, 0.4) is 0 Å². The van der Waals surface area contributed by atoms with Crippen molar-refractivity contribution in [2.24, 2.45) is 5.41 Å². The van der Waals surface area contributed by atoms with Crippen molar-refractivity contribution in [3.63, 3.8) is 0 Å². The quantitative estimate of drug-likeness (QED) is 0.525. The molecule has 1 atom stereocenters. The van der Waals surface area contributed by atoms with Crippen LogP contribution in [0.5, 0.6) is 0 Å². The molecule has 2 aliphatic rings. The molecule has 29 heavy (non-hydrogen) atoms. The fourth-order valence-electron chi connectivity index (χ4n) is 4.01. The molecule has 1 aliphatic carbocycles. The number of hydrogen-bond donors (Lipinski definition) is 1. The highest BCUT2D eigenvalue weighted by Gasteiger charge is 2.26. The summed E-state index contributed by atoms with van der Waals surface area (Å²) in [7, 11) is 0. The molecule has 1 unspecified atom stereocenters. The maximum Gasteiger partial charge on any atom is 0.148 e. The van der Waals surface area contributed by atoms with Gasteiger partial charge in [-0.2, -0.15) is 0 Å². The van der Waals surface area contributed by atoms with E-state index >= 15 is 0 Å². The monoisotopic (exact) mass is 391 g/mol. The molecule has 0 saturated carbocycles. The van der Waals surface area contributed by atoms with Gasteiger partial charge in [-0.1, -0.05) is 79.1 Å². The third-order valence-corrected chi connectivity index (χ3v) is 5.71. The molecule has 1 aromatic carbocycles. The average molecular weight is 392 g/mol. The number of nitrogens with one attached hydrogen (secondary N) is 1. The normalized spacial score (nSPS) is 25.6. The van der Waals surface area contributed by atoms with Crippen molar-refractivity contribution in [3.05, 3.63) is 88.6 Å². The molecule has 1 aliphatic heterocycles. The van der Waals surface area contributed by atoms with E-state index < -0.39 is 12.8 Å². The fourth-order valence-corrected chi connectivity index (χ4v) is 4.01. The minimum absolute atomic E-state index is 0.255. The predicted octanol–water partition coefficient (Wildman–Crippen LogP) is 7.49. The molecule has 0 radical (unpaired) electrons. The molecule has 1 aromatic rings. The summed E-state index contributed by atoms with van der Waals surface area (Å²) in [5, 5.41) is 3.25. The smallest absolute Gasteiger partial charge is 0.148 e. The number of anilines is 1. The summed E-state index contributed by atoms with van der Waals surface area (Å²) in [5.74, 6) is 0. The molecular formula is C27H35NO. The second-order valence-electron chi connectivity index (χ2n) is 8.78. The van der Waals surface area contributed by atoms with Crippen molar-refractivity contribution in [2.75, 3.05) is 5.32 Å². The van der Waals surface area contributed by atoms with Crippen LogP contribution in [0.4, 0.5) is 5.69 Å². The first-order valence-corrected chi connectivity index (χ1v) is 10.5. The van der Waals surface area contributed by atoms with Gasteiger partial charge < -0.3 is 10.1 Å². The number of benzene rings is 1. The van der Waals surface area contributed by atoms with Crippen LogP contribution in [-0.4, -0.2) is 6.23 Å². The van der Waals surface area contributed by atoms with Crippen LogP contribution in [0.15, 0.2) is 83.0 Å². The van der Waals surface area contributed by atoms with Crippen molar-refractivity contribution in [1.82, 2.24) is 0 Å². The highest BCUT2D eigenvalue weighted by Crippen LogP contribution is 2.40. The van der Waals surface area contributed by atoms with E-state index in [9.17, 15) is 0 Å². The van der Waals surface area contributed by atoms with Gasteiger partial charge in [0.05, 0.1) is 9.30 Å². The predicted molar refractivity (Wildman–Crippen MR) is 125 cm³/mol. The zero-order valence-corrected chi connectivity index (χ0v) is 18.4. The van der Waals surface area contributed by atoms with Gasteiger partial charge in [-0.15, -0.1) is 0 Å². The van der Waals surface area contributed by atoms with Gasteiger partial charge in [-0.05, 0) is 63.2 Å². The summed E-state index contributed by atoms with van der Waals surface area (Å²) in [6.45, 7) is 9.23. The van der Waals surface area contributed by atoms with E-state index in [4.69, 9.17) is 7.48 Å². The second-order valence-corrected chi connectivity index (χ2v) is 8.78. The van der Waals surface area contributed by atoms with Crippen LogP contribution in [0, 0.1) is 5.41 Å². The van der Waals surface area contributed by atoms with Gasteiger partial charge in [0.2, 0.25) is 0 Å². The van der Waals surface area contributed by atoms with Crippen molar-refractivity contribution in [2.45, 2.75) is 66.7 Å². The highest BCUT2D eigenvalue weighted by atomic mass is 16.5.